The standard InChI is InChI=1S/C16H16BrN7O2/c17-12-1-2-13-11(7-12)8-14(19-13)16(26)23-5-3-22(4-6-23)15(25)9-24-10-18-20-21-24/h1-2,7-8,10,19H,3-6,9H2. The number of amides is 2. The van der Waals surface area contributed by atoms with E-state index >= 15 is 0 Å². The van der Waals surface area contributed by atoms with Crippen LogP contribution in [-0.2, 0) is 11.3 Å². The van der Waals surface area contributed by atoms with Gasteiger partial charge in [-0.2, -0.15) is 0 Å². The highest BCUT2D eigenvalue weighted by molar-refractivity contribution is 9.10. The summed E-state index contributed by atoms with van der Waals surface area (Å²) in [6, 6.07) is 7.70. The lowest BCUT2D eigenvalue weighted by atomic mass is 10.2. The molecule has 26 heavy (non-hydrogen) atoms. The van der Waals surface area contributed by atoms with Crippen LogP contribution in [0, 0.1) is 0 Å². The fraction of sp³-hybridized carbons (Fsp3) is 0.312. The number of piperazine rings is 1. The van der Waals surface area contributed by atoms with Crippen molar-refractivity contribution >= 4 is 38.6 Å². The Balaban J connectivity index is 1.39. The summed E-state index contributed by atoms with van der Waals surface area (Å²) in [5.74, 6) is -0.107. The van der Waals surface area contributed by atoms with Gasteiger partial charge in [-0.15, -0.1) is 5.10 Å². The molecule has 10 heteroatoms. The van der Waals surface area contributed by atoms with Crippen LogP contribution >= 0.6 is 15.9 Å². The number of hydrogen-bond acceptors (Lipinski definition) is 5. The van der Waals surface area contributed by atoms with E-state index in [0.717, 1.165) is 15.4 Å². The molecule has 1 aliphatic heterocycles. The fourth-order valence-corrected chi connectivity index (χ4v) is 3.42. The van der Waals surface area contributed by atoms with Crippen molar-refractivity contribution in [2.45, 2.75) is 6.54 Å². The topological polar surface area (TPSA) is 100 Å². The molecule has 0 unspecified atom stereocenters. The number of fused-ring (bicyclic) bond motifs is 1. The zero-order chi connectivity index (χ0) is 18.1. The molecular weight excluding hydrogens is 402 g/mol. The summed E-state index contributed by atoms with van der Waals surface area (Å²) in [4.78, 5) is 31.7. The van der Waals surface area contributed by atoms with Crippen LogP contribution in [0.15, 0.2) is 35.1 Å². The minimum atomic E-state index is -0.0557. The molecule has 0 radical (unpaired) electrons. The van der Waals surface area contributed by atoms with Gasteiger partial charge in [0.05, 0.1) is 0 Å². The van der Waals surface area contributed by atoms with Gasteiger partial charge in [0.15, 0.2) is 0 Å². The normalized spacial score (nSPS) is 14.8. The molecule has 0 spiro atoms. The van der Waals surface area contributed by atoms with Gasteiger partial charge < -0.3 is 14.8 Å². The van der Waals surface area contributed by atoms with Crippen molar-refractivity contribution in [3.63, 3.8) is 0 Å². The van der Waals surface area contributed by atoms with E-state index in [2.05, 4.69) is 36.4 Å². The van der Waals surface area contributed by atoms with E-state index in [1.54, 1.807) is 9.80 Å². The van der Waals surface area contributed by atoms with E-state index in [4.69, 9.17) is 0 Å². The number of aromatic amines is 1. The zero-order valence-electron chi connectivity index (χ0n) is 13.8. The van der Waals surface area contributed by atoms with E-state index in [1.807, 2.05) is 24.3 Å². The number of benzene rings is 1. The van der Waals surface area contributed by atoms with Crippen molar-refractivity contribution in [2.75, 3.05) is 26.2 Å². The molecule has 3 aromatic rings. The van der Waals surface area contributed by atoms with Crippen molar-refractivity contribution < 1.29 is 9.59 Å². The number of hydrogen-bond donors (Lipinski definition) is 1. The van der Waals surface area contributed by atoms with E-state index < -0.39 is 0 Å². The van der Waals surface area contributed by atoms with Crippen LogP contribution in [-0.4, -0.2) is 73.0 Å². The van der Waals surface area contributed by atoms with Crippen molar-refractivity contribution in [1.29, 1.82) is 0 Å². The minimum Gasteiger partial charge on any atom is -0.351 e. The Morgan fingerprint density at radius 1 is 1.12 bits per heavy atom. The number of nitrogens with zero attached hydrogens (tertiary/aromatic N) is 6. The molecule has 1 saturated heterocycles. The van der Waals surface area contributed by atoms with Gasteiger partial charge in [0.1, 0.15) is 18.6 Å². The fourth-order valence-electron chi connectivity index (χ4n) is 3.04. The number of rotatable bonds is 3. The Labute approximate surface area is 157 Å². The molecule has 4 rings (SSSR count). The maximum atomic E-state index is 12.7. The van der Waals surface area contributed by atoms with Crippen LogP contribution in [0.5, 0.6) is 0 Å². The Bertz CT molecular complexity index is 945. The SMILES string of the molecule is O=C(Cn1cnnn1)N1CCN(C(=O)c2cc3cc(Br)ccc3[nH]2)CC1. The lowest BCUT2D eigenvalue weighted by Crippen LogP contribution is -2.51. The summed E-state index contributed by atoms with van der Waals surface area (Å²) < 4.78 is 2.36. The molecule has 1 N–H and O–H groups in total. The minimum absolute atomic E-state index is 0.0510. The third-order valence-electron chi connectivity index (χ3n) is 4.42. The largest absolute Gasteiger partial charge is 0.351 e. The Morgan fingerprint density at radius 3 is 2.62 bits per heavy atom. The maximum Gasteiger partial charge on any atom is 0.270 e. The first-order valence-electron chi connectivity index (χ1n) is 8.16. The molecule has 0 saturated carbocycles. The number of carbonyl (C=O) groups is 2. The van der Waals surface area contributed by atoms with Crippen LogP contribution in [0.4, 0.5) is 0 Å². The highest BCUT2D eigenvalue weighted by Gasteiger charge is 2.26. The molecule has 9 nitrogen and oxygen atoms in total. The lowest BCUT2D eigenvalue weighted by Gasteiger charge is -2.34. The summed E-state index contributed by atoms with van der Waals surface area (Å²) in [7, 11) is 0. The first kappa shape index (κ1) is 16.7. The number of aromatic nitrogens is 5. The first-order chi connectivity index (χ1) is 12.6. The van der Waals surface area contributed by atoms with Gasteiger partial charge in [-0.25, -0.2) is 4.68 Å². The molecule has 2 amide bonds. The quantitative estimate of drug-likeness (QED) is 0.682. The second-order valence-corrected chi connectivity index (χ2v) is 7.01. The number of H-pyrrole nitrogens is 1. The molecule has 0 aliphatic carbocycles. The second kappa shape index (κ2) is 6.87. The third kappa shape index (κ3) is 3.32. The zero-order valence-corrected chi connectivity index (χ0v) is 15.4. The van der Waals surface area contributed by atoms with Crippen LogP contribution < -0.4 is 0 Å². The molecule has 0 bridgehead atoms. The number of nitrogens with one attached hydrogen (secondary N) is 1. The van der Waals surface area contributed by atoms with Crippen molar-refractivity contribution in [3.8, 4) is 0 Å². The molecular formula is C16H16BrN7O2. The first-order valence-corrected chi connectivity index (χ1v) is 8.95. The van der Waals surface area contributed by atoms with Gasteiger partial charge in [-0.05, 0) is 34.7 Å². The van der Waals surface area contributed by atoms with Gasteiger partial charge >= 0.3 is 0 Å². The molecule has 1 fully saturated rings. The van der Waals surface area contributed by atoms with Crippen molar-refractivity contribution in [3.05, 3.63) is 40.8 Å². The van der Waals surface area contributed by atoms with Crippen molar-refractivity contribution in [1.82, 2.24) is 35.0 Å². The summed E-state index contributed by atoms with van der Waals surface area (Å²) in [5.41, 5.74) is 1.48. The van der Waals surface area contributed by atoms with E-state index in [1.165, 1.54) is 11.0 Å². The lowest BCUT2D eigenvalue weighted by molar-refractivity contribution is -0.133. The maximum absolute atomic E-state index is 12.7. The summed E-state index contributed by atoms with van der Waals surface area (Å²) >= 11 is 3.44. The number of tetrazole rings is 1. The summed E-state index contributed by atoms with van der Waals surface area (Å²) in [6.07, 6.45) is 1.41. The smallest absolute Gasteiger partial charge is 0.270 e. The van der Waals surface area contributed by atoms with Gasteiger partial charge in [0.25, 0.3) is 5.91 Å². The van der Waals surface area contributed by atoms with Crippen LogP contribution in [0.2, 0.25) is 0 Å². The van der Waals surface area contributed by atoms with Gasteiger partial charge in [0, 0.05) is 41.6 Å². The van der Waals surface area contributed by atoms with Gasteiger partial charge in [-0.1, -0.05) is 15.9 Å². The highest BCUT2D eigenvalue weighted by Crippen LogP contribution is 2.21. The molecule has 1 aromatic carbocycles. The predicted molar refractivity (Wildman–Crippen MR) is 96.3 cm³/mol. The number of halogens is 1. The van der Waals surface area contributed by atoms with E-state index in [9.17, 15) is 9.59 Å². The average molecular weight is 418 g/mol. The monoisotopic (exact) mass is 417 g/mol. The highest BCUT2D eigenvalue weighted by atomic mass is 79.9. The molecule has 0 atom stereocenters. The average Bonchev–Trinajstić information content (AvgIpc) is 3.30. The van der Waals surface area contributed by atoms with Crippen LogP contribution in [0.1, 0.15) is 10.5 Å². The molecule has 1 aliphatic rings. The van der Waals surface area contributed by atoms with E-state index in [0.29, 0.717) is 31.9 Å². The second-order valence-electron chi connectivity index (χ2n) is 6.09. The molecule has 3 heterocycles. The number of carbonyl (C=O) groups excluding carboxylic acids is 2. The van der Waals surface area contributed by atoms with Gasteiger partial charge in [-0.3, -0.25) is 9.59 Å². The van der Waals surface area contributed by atoms with Crippen LogP contribution in [0.25, 0.3) is 10.9 Å². The molecule has 134 valence electrons. The predicted octanol–water partition coefficient (Wildman–Crippen LogP) is 0.902. The Morgan fingerprint density at radius 2 is 1.88 bits per heavy atom. The Kier molecular flexibility index (Phi) is 4.41. The summed E-state index contributed by atoms with van der Waals surface area (Å²) in [5, 5.41) is 11.7. The molecule has 2 aromatic heterocycles. The summed E-state index contributed by atoms with van der Waals surface area (Å²) in [6.45, 7) is 2.10. The third-order valence-corrected chi connectivity index (χ3v) is 4.91. The van der Waals surface area contributed by atoms with E-state index in [-0.39, 0.29) is 18.4 Å². The van der Waals surface area contributed by atoms with Crippen LogP contribution in [0.3, 0.4) is 0 Å². The Hall–Kier alpha value is -2.75. The van der Waals surface area contributed by atoms with Crippen molar-refractivity contribution in [2.24, 2.45) is 0 Å². The van der Waals surface area contributed by atoms with Gasteiger partial charge in [0.2, 0.25) is 5.91 Å².